The van der Waals surface area contributed by atoms with Gasteiger partial charge in [-0.1, -0.05) is 0 Å². The third-order valence-electron chi connectivity index (χ3n) is 3.95. The SMILES string of the molecule is C[C@@H]1CCc2cc(F)ccc2N1C(=O)c1ccoc1C(F)(F)F. The van der Waals surface area contributed by atoms with E-state index < -0.39 is 29.2 Å². The Morgan fingerprint density at radius 3 is 2.74 bits per heavy atom. The third kappa shape index (κ3) is 2.71. The van der Waals surface area contributed by atoms with Crippen LogP contribution in [0.25, 0.3) is 0 Å². The van der Waals surface area contributed by atoms with E-state index in [0.29, 0.717) is 24.1 Å². The molecule has 0 aliphatic carbocycles. The fraction of sp³-hybridized carbons (Fsp3) is 0.312. The molecule has 0 radical (unpaired) electrons. The maximum Gasteiger partial charge on any atom is 0.450 e. The van der Waals surface area contributed by atoms with E-state index in [1.165, 1.54) is 23.1 Å². The smallest absolute Gasteiger partial charge is 0.450 e. The number of nitrogens with zero attached hydrogens (tertiary/aromatic N) is 1. The Morgan fingerprint density at radius 2 is 2.04 bits per heavy atom. The van der Waals surface area contributed by atoms with Crippen molar-refractivity contribution in [3.05, 3.63) is 53.2 Å². The second-order valence-corrected chi connectivity index (χ2v) is 5.50. The van der Waals surface area contributed by atoms with E-state index in [0.717, 1.165) is 12.3 Å². The molecule has 0 saturated carbocycles. The van der Waals surface area contributed by atoms with E-state index in [-0.39, 0.29) is 6.04 Å². The Morgan fingerprint density at radius 1 is 1.30 bits per heavy atom. The average molecular weight is 327 g/mol. The maximum atomic E-state index is 13.3. The minimum Gasteiger partial charge on any atom is -0.459 e. The Balaban J connectivity index is 2.05. The number of fused-ring (bicyclic) bond motifs is 1. The topological polar surface area (TPSA) is 33.5 Å². The zero-order valence-electron chi connectivity index (χ0n) is 12.2. The molecular weight excluding hydrogens is 314 g/mol. The van der Waals surface area contributed by atoms with E-state index in [2.05, 4.69) is 4.42 Å². The molecule has 1 atom stereocenters. The normalized spacial score (nSPS) is 18.0. The van der Waals surface area contributed by atoms with Gasteiger partial charge in [0.25, 0.3) is 5.91 Å². The first-order valence-electron chi connectivity index (χ1n) is 7.05. The molecule has 3 rings (SSSR count). The van der Waals surface area contributed by atoms with Crippen LogP contribution in [0, 0.1) is 5.82 Å². The van der Waals surface area contributed by atoms with Crippen molar-refractivity contribution < 1.29 is 26.8 Å². The van der Waals surface area contributed by atoms with Crippen molar-refractivity contribution in [1.82, 2.24) is 0 Å². The molecule has 1 aromatic carbocycles. The van der Waals surface area contributed by atoms with Gasteiger partial charge in [0.15, 0.2) is 0 Å². The Labute approximate surface area is 129 Å². The van der Waals surface area contributed by atoms with Crippen LogP contribution in [0.2, 0.25) is 0 Å². The summed E-state index contributed by atoms with van der Waals surface area (Å²) in [5.41, 5.74) is 0.500. The van der Waals surface area contributed by atoms with Gasteiger partial charge in [0, 0.05) is 11.7 Å². The van der Waals surface area contributed by atoms with Crippen molar-refractivity contribution in [1.29, 1.82) is 0 Å². The van der Waals surface area contributed by atoms with Crippen LogP contribution in [0.4, 0.5) is 23.2 Å². The standard InChI is InChI=1S/C16H13F4NO2/c1-9-2-3-10-8-11(17)4-5-13(10)21(9)15(22)12-6-7-23-14(12)16(18,19)20/h4-9H,2-3H2,1H3/t9-/m1/s1. The molecule has 122 valence electrons. The van der Waals surface area contributed by atoms with Crippen molar-refractivity contribution in [3.63, 3.8) is 0 Å². The number of furan rings is 1. The lowest BCUT2D eigenvalue weighted by molar-refractivity contribution is -0.153. The number of carbonyl (C=O) groups excluding carboxylic acids is 1. The van der Waals surface area contributed by atoms with Crippen LogP contribution < -0.4 is 4.90 Å². The van der Waals surface area contributed by atoms with Crippen LogP contribution in [0.1, 0.15) is 35.0 Å². The number of hydrogen-bond donors (Lipinski definition) is 0. The van der Waals surface area contributed by atoms with Gasteiger partial charge in [-0.25, -0.2) is 4.39 Å². The van der Waals surface area contributed by atoms with Crippen molar-refractivity contribution in [3.8, 4) is 0 Å². The molecule has 0 spiro atoms. The summed E-state index contributed by atoms with van der Waals surface area (Å²) in [6.45, 7) is 1.75. The second kappa shape index (κ2) is 5.40. The first-order valence-corrected chi connectivity index (χ1v) is 7.05. The number of halogens is 4. The van der Waals surface area contributed by atoms with E-state index in [1.807, 2.05) is 0 Å². The number of anilines is 1. The summed E-state index contributed by atoms with van der Waals surface area (Å²) in [4.78, 5) is 13.9. The Bertz CT molecular complexity index is 751. The van der Waals surface area contributed by atoms with Crippen LogP contribution in [-0.4, -0.2) is 11.9 Å². The van der Waals surface area contributed by atoms with Crippen LogP contribution in [0.5, 0.6) is 0 Å². The van der Waals surface area contributed by atoms with Crippen molar-refractivity contribution >= 4 is 11.6 Å². The fourth-order valence-corrected chi connectivity index (χ4v) is 2.86. The Hall–Kier alpha value is -2.31. The highest BCUT2D eigenvalue weighted by Crippen LogP contribution is 2.37. The van der Waals surface area contributed by atoms with Crippen LogP contribution >= 0.6 is 0 Å². The molecule has 1 aromatic heterocycles. The zero-order chi connectivity index (χ0) is 16.8. The quantitative estimate of drug-likeness (QED) is 0.727. The van der Waals surface area contributed by atoms with Gasteiger partial charge in [0.1, 0.15) is 5.82 Å². The molecule has 0 bridgehead atoms. The molecule has 7 heteroatoms. The minimum atomic E-state index is -4.75. The highest BCUT2D eigenvalue weighted by Gasteiger charge is 2.41. The molecule has 2 aromatic rings. The lowest BCUT2D eigenvalue weighted by Gasteiger charge is -2.35. The molecule has 0 fully saturated rings. The highest BCUT2D eigenvalue weighted by atomic mass is 19.4. The van der Waals surface area contributed by atoms with Crippen molar-refractivity contribution in [2.24, 2.45) is 0 Å². The predicted octanol–water partition coefficient (Wildman–Crippen LogP) is 4.42. The minimum absolute atomic E-state index is 0.295. The highest BCUT2D eigenvalue weighted by molar-refractivity contribution is 6.07. The number of carbonyl (C=O) groups is 1. The molecule has 1 amide bonds. The molecule has 2 heterocycles. The summed E-state index contributed by atoms with van der Waals surface area (Å²) >= 11 is 0. The Kier molecular flexibility index (Phi) is 3.66. The van der Waals surface area contributed by atoms with Gasteiger partial charge in [-0.3, -0.25) is 4.79 Å². The van der Waals surface area contributed by atoms with E-state index in [4.69, 9.17) is 0 Å². The number of benzene rings is 1. The summed E-state index contributed by atoms with van der Waals surface area (Å²) in [5.74, 6) is -2.56. The zero-order valence-corrected chi connectivity index (χ0v) is 12.2. The van der Waals surface area contributed by atoms with Gasteiger partial charge in [-0.15, -0.1) is 0 Å². The predicted molar refractivity (Wildman–Crippen MR) is 74.7 cm³/mol. The number of amides is 1. The lowest BCUT2D eigenvalue weighted by atomic mass is 9.95. The summed E-state index contributed by atoms with van der Waals surface area (Å²) in [7, 11) is 0. The van der Waals surface area contributed by atoms with E-state index in [1.54, 1.807) is 6.92 Å². The summed E-state index contributed by atoms with van der Waals surface area (Å²) < 4.78 is 56.6. The van der Waals surface area contributed by atoms with Gasteiger partial charge < -0.3 is 9.32 Å². The van der Waals surface area contributed by atoms with Gasteiger partial charge in [-0.05, 0) is 49.6 Å². The molecule has 23 heavy (non-hydrogen) atoms. The molecule has 0 unspecified atom stereocenters. The van der Waals surface area contributed by atoms with Crippen LogP contribution in [0.15, 0.2) is 34.9 Å². The summed E-state index contributed by atoms with van der Waals surface area (Å²) in [5, 5.41) is 0. The number of aryl methyl sites for hydroxylation is 1. The number of alkyl halides is 3. The van der Waals surface area contributed by atoms with Crippen LogP contribution in [-0.2, 0) is 12.6 Å². The molecule has 1 aliphatic heterocycles. The van der Waals surface area contributed by atoms with Crippen LogP contribution in [0.3, 0.4) is 0 Å². The summed E-state index contributed by atoms with van der Waals surface area (Å²) in [6.07, 6.45) is -2.80. The molecule has 0 saturated heterocycles. The number of hydrogen-bond acceptors (Lipinski definition) is 2. The molecular formula is C16H13F4NO2. The largest absolute Gasteiger partial charge is 0.459 e. The maximum absolute atomic E-state index is 13.3. The van der Waals surface area contributed by atoms with Crippen molar-refractivity contribution in [2.75, 3.05) is 4.90 Å². The summed E-state index contributed by atoms with van der Waals surface area (Å²) in [6, 6.07) is 4.64. The first kappa shape index (κ1) is 15.6. The monoisotopic (exact) mass is 327 g/mol. The van der Waals surface area contributed by atoms with Gasteiger partial charge in [0.2, 0.25) is 5.76 Å². The fourth-order valence-electron chi connectivity index (χ4n) is 2.86. The first-order chi connectivity index (χ1) is 10.8. The number of rotatable bonds is 1. The molecule has 0 N–H and O–H groups in total. The van der Waals surface area contributed by atoms with Crippen molar-refractivity contribution in [2.45, 2.75) is 32.0 Å². The van der Waals surface area contributed by atoms with E-state index in [9.17, 15) is 22.4 Å². The van der Waals surface area contributed by atoms with Gasteiger partial charge in [-0.2, -0.15) is 13.2 Å². The van der Waals surface area contributed by atoms with Gasteiger partial charge >= 0.3 is 6.18 Å². The van der Waals surface area contributed by atoms with Gasteiger partial charge in [0.05, 0.1) is 11.8 Å². The molecule has 3 nitrogen and oxygen atoms in total. The van der Waals surface area contributed by atoms with E-state index >= 15 is 0 Å². The average Bonchev–Trinajstić information content (AvgIpc) is 2.96. The second-order valence-electron chi connectivity index (χ2n) is 5.50. The lowest BCUT2D eigenvalue weighted by Crippen LogP contribution is -2.42. The third-order valence-corrected chi connectivity index (χ3v) is 3.95. The molecule has 1 aliphatic rings.